The lowest BCUT2D eigenvalue weighted by Crippen LogP contribution is -2.30. The average Bonchev–Trinajstić information content (AvgIpc) is 3.43. The van der Waals surface area contributed by atoms with E-state index in [0.717, 1.165) is 43.8 Å². The lowest BCUT2D eigenvalue weighted by atomic mass is 10.2. The summed E-state index contributed by atoms with van der Waals surface area (Å²) in [6, 6.07) is 5.34. The highest BCUT2D eigenvalue weighted by Gasteiger charge is 2.25. The van der Waals surface area contributed by atoms with E-state index in [-0.39, 0.29) is 17.2 Å². The molecule has 3 heterocycles. The maximum atomic E-state index is 13.3. The van der Waals surface area contributed by atoms with Crippen molar-refractivity contribution < 1.29 is 14.3 Å². The lowest BCUT2D eigenvalue weighted by Gasteiger charge is -2.17. The summed E-state index contributed by atoms with van der Waals surface area (Å²) in [6.45, 7) is 1.63. The molecule has 2 aliphatic heterocycles. The molecule has 7 nitrogen and oxygen atoms in total. The summed E-state index contributed by atoms with van der Waals surface area (Å²) in [7, 11) is 3.13. The molecule has 0 spiro atoms. The molecular weight excluding hydrogens is 410 g/mol. The van der Waals surface area contributed by atoms with Crippen LogP contribution in [-0.4, -0.2) is 59.2 Å². The number of nitrogens with zero attached hydrogens (tertiary/aromatic N) is 3. The number of likely N-dealkylation sites (tertiary alicyclic amines) is 1. The number of carbonyl (C=O) groups is 1. The van der Waals surface area contributed by atoms with Crippen molar-refractivity contribution in [3.8, 4) is 17.2 Å². The fourth-order valence-corrected chi connectivity index (χ4v) is 5.52. The molecular formula is C20H23N3O4S2. The summed E-state index contributed by atoms with van der Waals surface area (Å²) in [4.78, 5) is 33.1. The van der Waals surface area contributed by atoms with Gasteiger partial charge < -0.3 is 14.4 Å². The van der Waals surface area contributed by atoms with Crippen molar-refractivity contribution in [3.05, 3.63) is 34.2 Å². The molecule has 154 valence electrons. The second kappa shape index (κ2) is 8.71. The highest BCUT2D eigenvalue weighted by Crippen LogP contribution is 2.33. The van der Waals surface area contributed by atoms with Crippen molar-refractivity contribution in [2.75, 3.05) is 38.8 Å². The fraction of sp³-hybridized carbons (Fsp3) is 0.450. The Balaban J connectivity index is 1.72. The summed E-state index contributed by atoms with van der Waals surface area (Å²) in [5.74, 6) is 2.34. The maximum Gasteiger partial charge on any atom is 0.272 e. The molecule has 1 amide bonds. The standard InChI is InChI=1S/C20H23N3O4S2/c1-26-15-6-5-13(11-16(15)27-2)23-19(25)18-14(7-10-28-18)21-20(23)29-12-17(24)22-8-3-4-9-22/h5-6,11H,3-4,7-10,12H2,1-2H3. The Bertz CT molecular complexity index is 986. The molecule has 2 aromatic rings. The molecule has 1 fully saturated rings. The Kier molecular flexibility index (Phi) is 6.05. The molecule has 0 unspecified atom stereocenters. The van der Waals surface area contributed by atoms with Gasteiger partial charge in [0.25, 0.3) is 5.56 Å². The maximum absolute atomic E-state index is 13.3. The molecule has 4 rings (SSSR count). The monoisotopic (exact) mass is 433 g/mol. The van der Waals surface area contributed by atoms with E-state index >= 15 is 0 Å². The van der Waals surface area contributed by atoms with Gasteiger partial charge in [-0.3, -0.25) is 14.2 Å². The highest BCUT2D eigenvalue weighted by atomic mass is 32.2. The first-order valence-electron chi connectivity index (χ1n) is 9.54. The van der Waals surface area contributed by atoms with Crippen molar-refractivity contribution in [2.45, 2.75) is 29.3 Å². The van der Waals surface area contributed by atoms with E-state index in [0.29, 0.717) is 27.2 Å². The molecule has 9 heteroatoms. The zero-order valence-electron chi connectivity index (χ0n) is 16.5. The van der Waals surface area contributed by atoms with Crippen LogP contribution in [0, 0.1) is 0 Å². The largest absolute Gasteiger partial charge is 0.493 e. The second-order valence-electron chi connectivity index (χ2n) is 6.83. The molecule has 0 aliphatic carbocycles. The molecule has 0 saturated carbocycles. The van der Waals surface area contributed by atoms with E-state index < -0.39 is 0 Å². The zero-order valence-corrected chi connectivity index (χ0v) is 18.1. The van der Waals surface area contributed by atoms with Gasteiger partial charge in [0.2, 0.25) is 5.91 Å². The number of amides is 1. The predicted molar refractivity (Wildman–Crippen MR) is 114 cm³/mol. The van der Waals surface area contributed by atoms with E-state index in [2.05, 4.69) is 0 Å². The second-order valence-corrected chi connectivity index (χ2v) is 8.87. The van der Waals surface area contributed by atoms with Gasteiger partial charge in [-0.1, -0.05) is 11.8 Å². The minimum absolute atomic E-state index is 0.0930. The summed E-state index contributed by atoms with van der Waals surface area (Å²) >= 11 is 2.86. The van der Waals surface area contributed by atoms with Crippen LogP contribution in [0.4, 0.5) is 0 Å². The smallest absolute Gasteiger partial charge is 0.272 e. The van der Waals surface area contributed by atoms with Gasteiger partial charge in [0.15, 0.2) is 16.7 Å². The van der Waals surface area contributed by atoms with Crippen LogP contribution in [0.2, 0.25) is 0 Å². The van der Waals surface area contributed by atoms with Crippen LogP contribution >= 0.6 is 23.5 Å². The van der Waals surface area contributed by atoms with Crippen LogP contribution in [-0.2, 0) is 11.2 Å². The van der Waals surface area contributed by atoms with Crippen LogP contribution < -0.4 is 15.0 Å². The number of hydrogen-bond acceptors (Lipinski definition) is 7. The van der Waals surface area contributed by atoms with Crippen LogP contribution in [0.5, 0.6) is 11.5 Å². The van der Waals surface area contributed by atoms with Crippen molar-refractivity contribution in [1.82, 2.24) is 14.5 Å². The van der Waals surface area contributed by atoms with Crippen LogP contribution in [0.1, 0.15) is 18.5 Å². The Morgan fingerprint density at radius 3 is 2.69 bits per heavy atom. The molecule has 0 N–H and O–H groups in total. The third-order valence-electron chi connectivity index (χ3n) is 5.08. The number of rotatable bonds is 6. The predicted octanol–water partition coefficient (Wildman–Crippen LogP) is 2.61. The lowest BCUT2D eigenvalue weighted by molar-refractivity contribution is -0.127. The van der Waals surface area contributed by atoms with Gasteiger partial charge in [-0.15, -0.1) is 11.8 Å². The number of fused-ring (bicyclic) bond motifs is 1. The average molecular weight is 434 g/mol. The van der Waals surface area contributed by atoms with Gasteiger partial charge in [-0.2, -0.15) is 0 Å². The van der Waals surface area contributed by atoms with Gasteiger partial charge in [-0.05, 0) is 25.0 Å². The third kappa shape index (κ3) is 3.98. The normalized spacial score (nSPS) is 15.4. The number of carbonyl (C=O) groups excluding carboxylic acids is 1. The Morgan fingerprint density at radius 2 is 1.97 bits per heavy atom. The van der Waals surface area contributed by atoms with Crippen molar-refractivity contribution >= 4 is 29.4 Å². The quantitative estimate of drug-likeness (QED) is 0.512. The fourth-order valence-electron chi connectivity index (χ4n) is 3.56. The molecule has 0 radical (unpaired) electrons. The molecule has 1 saturated heterocycles. The van der Waals surface area contributed by atoms with Gasteiger partial charge in [0.1, 0.15) is 0 Å². The van der Waals surface area contributed by atoms with E-state index in [9.17, 15) is 9.59 Å². The number of hydrogen-bond donors (Lipinski definition) is 0. The van der Waals surface area contributed by atoms with E-state index in [1.807, 2.05) is 11.0 Å². The SMILES string of the molecule is COc1ccc(-n2c(SCC(=O)N3CCCC3)nc3c(c2=O)SCC3)cc1OC. The number of thioether (sulfide) groups is 2. The van der Waals surface area contributed by atoms with Gasteiger partial charge in [0.05, 0.1) is 36.2 Å². The van der Waals surface area contributed by atoms with Crippen LogP contribution in [0.3, 0.4) is 0 Å². The molecule has 1 aromatic carbocycles. The van der Waals surface area contributed by atoms with Gasteiger partial charge >= 0.3 is 0 Å². The topological polar surface area (TPSA) is 73.7 Å². The molecule has 0 atom stereocenters. The first-order chi connectivity index (χ1) is 14.1. The number of ether oxygens (including phenoxy) is 2. The van der Waals surface area contributed by atoms with E-state index in [1.165, 1.54) is 23.5 Å². The van der Waals surface area contributed by atoms with E-state index in [1.54, 1.807) is 30.9 Å². The number of methoxy groups -OCH3 is 2. The summed E-state index contributed by atoms with van der Waals surface area (Å²) < 4.78 is 12.3. The summed E-state index contributed by atoms with van der Waals surface area (Å²) in [5.41, 5.74) is 1.38. The van der Waals surface area contributed by atoms with Crippen LogP contribution in [0.25, 0.3) is 5.69 Å². The Hall–Kier alpha value is -2.13. The molecule has 0 bridgehead atoms. The first-order valence-corrected chi connectivity index (χ1v) is 11.5. The Morgan fingerprint density at radius 1 is 1.21 bits per heavy atom. The Labute approximate surface area is 177 Å². The van der Waals surface area contributed by atoms with Gasteiger partial charge in [0, 0.05) is 31.3 Å². The van der Waals surface area contributed by atoms with Crippen molar-refractivity contribution in [3.63, 3.8) is 0 Å². The molecule has 2 aliphatic rings. The number of benzene rings is 1. The number of aryl methyl sites for hydroxylation is 1. The molecule has 29 heavy (non-hydrogen) atoms. The van der Waals surface area contributed by atoms with Crippen molar-refractivity contribution in [1.29, 1.82) is 0 Å². The van der Waals surface area contributed by atoms with Crippen molar-refractivity contribution in [2.24, 2.45) is 0 Å². The highest BCUT2D eigenvalue weighted by molar-refractivity contribution is 8.00. The zero-order chi connectivity index (χ0) is 20.4. The summed E-state index contributed by atoms with van der Waals surface area (Å²) in [5, 5.41) is 0.538. The minimum Gasteiger partial charge on any atom is -0.493 e. The third-order valence-corrected chi connectivity index (χ3v) is 7.11. The van der Waals surface area contributed by atoms with Crippen LogP contribution in [0.15, 0.2) is 33.0 Å². The summed E-state index contributed by atoms with van der Waals surface area (Å²) in [6.07, 6.45) is 2.89. The van der Waals surface area contributed by atoms with E-state index in [4.69, 9.17) is 14.5 Å². The van der Waals surface area contributed by atoms with Gasteiger partial charge in [-0.25, -0.2) is 4.98 Å². The number of aromatic nitrogens is 2. The first kappa shape index (κ1) is 20.2. The minimum atomic E-state index is -0.0964. The molecule has 1 aromatic heterocycles.